The largest absolute Gasteiger partial charge is 0.396 e. The summed E-state index contributed by atoms with van der Waals surface area (Å²) in [6, 6.07) is 0. The fourth-order valence-corrected chi connectivity index (χ4v) is 1.25. The molecule has 0 rings (SSSR count). The highest BCUT2D eigenvalue weighted by atomic mass is 16.3. The molecule has 0 saturated carbocycles. The third-order valence-electron chi connectivity index (χ3n) is 2.34. The van der Waals surface area contributed by atoms with Gasteiger partial charge in [0.1, 0.15) is 0 Å². The number of likely N-dealkylation sites (N-methyl/N-ethyl adjacent to an activating group) is 2. The summed E-state index contributed by atoms with van der Waals surface area (Å²) in [6.07, 6.45) is 0. The van der Waals surface area contributed by atoms with Crippen molar-refractivity contribution in [2.45, 2.75) is 6.92 Å². The van der Waals surface area contributed by atoms with E-state index in [-0.39, 0.29) is 18.6 Å². The molecule has 2 N–H and O–H groups in total. The molecule has 0 unspecified atom stereocenters. The minimum absolute atomic E-state index is 0.0236. The first kappa shape index (κ1) is 13.8. The van der Waals surface area contributed by atoms with E-state index in [1.807, 2.05) is 28.1 Å². The molecule has 0 heterocycles. The first-order valence-corrected chi connectivity index (χ1v) is 4.98. The fraction of sp³-hybridized carbons (Fsp3) is 1.00. The summed E-state index contributed by atoms with van der Waals surface area (Å²) < 4.78 is 0. The van der Waals surface area contributed by atoms with Crippen LogP contribution < -0.4 is 0 Å². The molecule has 0 aliphatic carbocycles. The molecular weight excluding hydrogens is 180 g/mol. The Hall–Kier alpha value is -0.160. The van der Waals surface area contributed by atoms with Crippen molar-refractivity contribution < 1.29 is 10.2 Å². The molecule has 0 aliphatic rings. The molecule has 14 heavy (non-hydrogen) atoms. The van der Waals surface area contributed by atoms with Gasteiger partial charge in [0, 0.05) is 25.0 Å². The molecule has 0 spiro atoms. The Bertz CT molecular complexity index is 147. The second kappa shape index (κ2) is 6.35. The molecule has 0 atom stereocenters. The van der Waals surface area contributed by atoms with Crippen molar-refractivity contribution in [3.63, 3.8) is 0 Å². The zero-order chi connectivity index (χ0) is 11.2. The third-order valence-corrected chi connectivity index (χ3v) is 2.34. The molecule has 0 radical (unpaired) electrons. The summed E-state index contributed by atoms with van der Waals surface area (Å²) >= 11 is 0. The molecule has 4 heteroatoms. The number of hydrogen-bond acceptors (Lipinski definition) is 4. The van der Waals surface area contributed by atoms with Crippen LogP contribution in [0.15, 0.2) is 0 Å². The average molecular weight is 204 g/mol. The van der Waals surface area contributed by atoms with Crippen LogP contribution in [0.3, 0.4) is 0 Å². The summed E-state index contributed by atoms with van der Waals surface area (Å²) in [5.74, 6) is 0. The first-order chi connectivity index (χ1) is 6.43. The fourth-order valence-electron chi connectivity index (χ4n) is 1.25. The Morgan fingerprint density at radius 3 is 1.86 bits per heavy atom. The van der Waals surface area contributed by atoms with E-state index in [0.29, 0.717) is 6.54 Å². The van der Waals surface area contributed by atoms with Crippen molar-refractivity contribution in [3.05, 3.63) is 0 Å². The van der Waals surface area contributed by atoms with Crippen molar-refractivity contribution >= 4 is 0 Å². The summed E-state index contributed by atoms with van der Waals surface area (Å²) in [4.78, 5) is 4.25. The minimum atomic E-state index is -0.388. The van der Waals surface area contributed by atoms with Crippen molar-refractivity contribution in [2.24, 2.45) is 5.41 Å². The van der Waals surface area contributed by atoms with Gasteiger partial charge in [-0.2, -0.15) is 0 Å². The van der Waals surface area contributed by atoms with E-state index in [0.717, 1.165) is 13.1 Å². The van der Waals surface area contributed by atoms with Crippen LogP contribution in [0.1, 0.15) is 6.92 Å². The summed E-state index contributed by atoms with van der Waals surface area (Å²) in [5, 5.41) is 18.2. The van der Waals surface area contributed by atoms with E-state index in [4.69, 9.17) is 10.2 Å². The van der Waals surface area contributed by atoms with Crippen LogP contribution in [0.5, 0.6) is 0 Å². The van der Waals surface area contributed by atoms with Crippen LogP contribution in [0, 0.1) is 5.41 Å². The van der Waals surface area contributed by atoms with Gasteiger partial charge in [0.15, 0.2) is 0 Å². The molecule has 4 nitrogen and oxygen atoms in total. The van der Waals surface area contributed by atoms with Gasteiger partial charge in [-0.3, -0.25) is 0 Å². The monoisotopic (exact) mass is 204 g/mol. The van der Waals surface area contributed by atoms with E-state index >= 15 is 0 Å². The number of hydrogen-bond donors (Lipinski definition) is 2. The lowest BCUT2D eigenvalue weighted by molar-refractivity contribution is 0.0408. The predicted molar refractivity (Wildman–Crippen MR) is 58.3 cm³/mol. The summed E-state index contributed by atoms with van der Waals surface area (Å²) in [7, 11) is 6.07. The molecule has 86 valence electrons. The highest BCUT2D eigenvalue weighted by molar-refractivity contribution is 4.75. The van der Waals surface area contributed by atoms with Crippen LogP contribution in [0.4, 0.5) is 0 Å². The highest BCUT2D eigenvalue weighted by Crippen LogP contribution is 2.14. The van der Waals surface area contributed by atoms with E-state index in [9.17, 15) is 0 Å². The highest BCUT2D eigenvalue weighted by Gasteiger charge is 2.23. The Labute approximate surface area is 87.1 Å². The summed E-state index contributed by atoms with van der Waals surface area (Å²) in [5.41, 5.74) is -0.388. The van der Waals surface area contributed by atoms with Gasteiger partial charge in [-0.25, -0.2) is 0 Å². The summed E-state index contributed by atoms with van der Waals surface area (Å²) in [6.45, 7) is 4.59. The lowest BCUT2D eigenvalue weighted by atomic mass is 9.92. The van der Waals surface area contributed by atoms with E-state index in [1.54, 1.807) is 0 Å². The van der Waals surface area contributed by atoms with Crippen molar-refractivity contribution in [1.29, 1.82) is 0 Å². The smallest absolute Gasteiger partial charge is 0.0519 e. The van der Waals surface area contributed by atoms with Crippen LogP contribution in [0.2, 0.25) is 0 Å². The maximum atomic E-state index is 9.11. The Morgan fingerprint density at radius 1 is 1.00 bits per heavy atom. The lowest BCUT2D eigenvalue weighted by Gasteiger charge is -2.30. The standard InChI is InChI=1S/C10H24N2O2/c1-10(8-13,9-14)7-12(4)6-5-11(2)3/h13-14H,5-9H2,1-4H3. The SMILES string of the molecule is CN(C)CCN(C)CC(C)(CO)CO. The number of aliphatic hydroxyl groups excluding tert-OH is 2. The van der Waals surface area contributed by atoms with Crippen LogP contribution in [0.25, 0.3) is 0 Å². The zero-order valence-corrected chi connectivity index (χ0v) is 9.82. The number of aliphatic hydroxyl groups is 2. The molecule has 0 saturated heterocycles. The molecule has 0 aromatic carbocycles. The lowest BCUT2D eigenvalue weighted by Crippen LogP contribution is -2.41. The van der Waals surface area contributed by atoms with Gasteiger partial charge in [-0.05, 0) is 21.1 Å². The maximum absolute atomic E-state index is 9.11. The van der Waals surface area contributed by atoms with Crippen molar-refractivity contribution in [3.8, 4) is 0 Å². The molecule has 0 bridgehead atoms. The van der Waals surface area contributed by atoms with Crippen molar-refractivity contribution in [2.75, 3.05) is 54.0 Å². The van der Waals surface area contributed by atoms with E-state index in [1.165, 1.54) is 0 Å². The Balaban J connectivity index is 3.85. The van der Waals surface area contributed by atoms with Crippen molar-refractivity contribution in [1.82, 2.24) is 9.80 Å². The topological polar surface area (TPSA) is 46.9 Å². The van der Waals surface area contributed by atoms with Gasteiger partial charge in [0.2, 0.25) is 0 Å². The second-order valence-corrected chi connectivity index (χ2v) is 4.67. The van der Waals surface area contributed by atoms with E-state index < -0.39 is 0 Å². The van der Waals surface area contributed by atoms with Crippen LogP contribution in [-0.2, 0) is 0 Å². The molecule has 0 fully saturated rings. The second-order valence-electron chi connectivity index (χ2n) is 4.67. The molecule has 0 aromatic rings. The van der Waals surface area contributed by atoms with Gasteiger partial charge in [0.25, 0.3) is 0 Å². The van der Waals surface area contributed by atoms with Crippen LogP contribution in [-0.4, -0.2) is 74.0 Å². The molecular formula is C10H24N2O2. The number of rotatable bonds is 7. The average Bonchev–Trinajstić information content (AvgIpc) is 2.14. The van der Waals surface area contributed by atoms with Crippen LogP contribution >= 0.6 is 0 Å². The van der Waals surface area contributed by atoms with Gasteiger partial charge >= 0.3 is 0 Å². The normalized spacial score (nSPS) is 12.9. The van der Waals surface area contributed by atoms with Gasteiger partial charge in [-0.1, -0.05) is 6.92 Å². The van der Waals surface area contributed by atoms with Gasteiger partial charge < -0.3 is 20.0 Å². The third kappa shape index (κ3) is 5.54. The van der Waals surface area contributed by atoms with Gasteiger partial charge in [-0.15, -0.1) is 0 Å². The minimum Gasteiger partial charge on any atom is -0.396 e. The Morgan fingerprint density at radius 2 is 1.50 bits per heavy atom. The van der Waals surface area contributed by atoms with Gasteiger partial charge in [0.05, 0.1) is 13.2 Å². The first-order valence-electron chi connectivity index (χ1n) is 4.98. The zero-order valence-electron chi connectivity index (χ0n) is 9.82. The molecule has 0 amide bonds. The number of nitrogens with zero attached hydrogens (tertiary/aromatic N) is 2. The Kier molecular flexibility index (Phi) is 6.27. The molecule has 0 aromatic heterocycles. The maximum Gasteiger partial charge on any atom is 0.0519 e. The predicted octanol–water partition coefficient (Wildman–Crippen LogP) is -0.529. The van der Waals surface area contributed by atoms with E-state index in [2.05, 4.69) is 9.80 Å². The molecule has 0 aliphatic heterocycles. The quantitative estimate of drug-likeness (QED) is 0.585.